The van der Waals surface area contributed by atoms with Crippen molar-refractivity contribution in [3.8, 4) is 11.5 Å². The average molecular weight is 377 g/mol. The van der Waals surface area contributed by atoms with E-state index in [0.717, 1.165) is 36.4 Å². The Kier molecular flexibility index (Phi) is 4.28. The van der Waals surface area contributed by atoms with Gasteiger partial charge < -0.3 is 14.5 Å². The highest BCUT2D eigenvalue weighted by Crippen LogP contribution is 2.41. The zero-order valence-electron chi connectivity index (χ0n) is 15.9. The summed E-state index contributed by atoms with van der Waals surface area (Å²) in [5.41, 5.74) is 1.88. The van der Waals surface area contributed by atoms with E-state index in [1.54, 1.807) is 0 Å². The molecule has 3 heterocycles. The van der Waals surface area contributed by atoms with E-state index in [1.807, 2.05) is 30.3 Å². The molecule has 6 heteroatoms. The number of aromatic amines is 1. The van der Waals surface area contributed by atoms with E-state index < -0.39 is 0 Å². The first kappa shape index (κ1) is 17.3. The first-order valence-electron chi connectivity index (χ1n) is 9.85. The molecule has 1 saturated heterocycles. The highest BCUT2D eigenvalue weighted by Gasteiger charge is 2.32. The Morgan fingerprint density at radius 2 is 1.96 bits per heavy atom. The number of nitrogens with zero attached hydrogens (tertiary/aromatic N) is 2. The van der Waals surface area contributed by atoms with Crippen LogP contribution in [-0.2, 0) is 0 Å². The van der Waals surface area contributed by atoms with Crippen LogP contribution in [0.5, 0.6) is 11.5 Å². The van der Waals surface area contributed by atoms with Gasteiger partial charge >= 0.3 is 0 Å². The third kappa shape index (κ3) is 2.94. The Hall–Kier alpha value is -2.86. The average Bonchev–Trinajstić information content (AvgIpc) is 3.22. The molecule has 1 fully saturated rings. The summed E-state index contributed by atoms with van der Waals surface area (Å²) in [5.74, 6) is 2.35. The van der Waals surface area contributed by atoms with Gasteiger partial charge in [0.15, 0.2) is 11.5 Å². The Labute approximate surface area is 163 Å². The predicted octanol–water partition coefficient (Wildman–Crippen LogP) is 3.59. The van der Waals surface area contributed by atoms with Crippen LogP contribution in [0.3, 0.4) is 0 Å². The number of aromatic nitrogens is 2. The molecule has 0 amide bonds. The van der Waals surface area contributed by atoms with Crippen molar-refractivity contribution >= 4 is 10.9 Å². The molecule has 3 aromatic rings. The maximum Gasteiger partial charge on any atom is 0.258 e. The lowest BCUT2D eigenvalue weighted by Gasteiger charge is -2.31. The standard InChI is InChI=1S/C22H23N3O3/c1-14(21-23-17-6-3-2-5-16(17)22(26)24-21)25-10-4-7-18(25)15-8-9-19-20(13-15)28-12-11-27-19/h2-3,5-6,8-9,13-14,18H,4,7,10-12H2,1H3,(H,23,24,26)/t14-,18-/m0/s1. The number of benzene rings is 2. The Bertz CT molecular complexity index is 1080. The lowest BCUT2D eigenvalue weighted by atomic mass is 10.0. The van der Waals surface area contributed by atoms with Crippen molar-refractivity contribution in [1.29, 1.82) is 0 Å². The highest BCUT2D eigenvalue weighted by atomic mass is 16.6. The van der Waals surface area contributed by atoms with Gasteiger partial charge in [0.2, 0.25) is 0 Å². The summed E-state index contributed by atoms with van der Waals surface area (Å²) in [7, 11) is 0. The fourth-order valence-corrected chi connectivity index (χ4v) is 4.34. The number of hydrogen-bond donors (Lipinski definition) is 1. The van der Waals surface area contributed by atoms with Gasteiger partial charge in [0.25, 0.3) is 5.56 Å². The molecular weight excluding hydrogens is 354 g/mol. The number of nitrogens with one attached hydrogen (secondary N) is 1. The minimum absolute atomic E-state index is 0.0120. The molecule has 0 spiro atoms. The minimum Gasteiger partial charge on any atom is -0.486 e. The van der Waals surface area contributed by atoms with Gasteiger partial charge in [-0.3, -0.25) is 9.69 Å². The van der Waals surface area contributed by atoms with Gasteiger partial charge in [-0.15, -0.1) is 0 Å². The van der Waals surface area contributed by atoms with E-state index in [4.69, 9.17) is 14.5 Å². The first-order valence-corrected chi connectivity index (χ1v) is 9.85. The SMILES string of the molecule is C[C@@H](c1nc2ccccc2c(=O)[nH]1)N1CCC[C@H]1c1ccc2c(c1)OCCO2. The van der Waals surface area contributed by atoms with Crippen molar-refractivity contribution in [1.82, 2.24) is 14.9 Å². The van der Waals surface area contributed by atoms with Crippen LogP contribution in [0.2, 0.25) is 0 Å². The lowest BCUT2D eigenvalue weighted by molar-refractivity contribution is 0.168. The second-order valence-electron chi connectivity index (χ2n) is 7.44. The van der Waals surface area contributed by atoms with Gasteiger partial charge in [0.1, 0.15) is 19.0 Å². The summed E-state index contributed by atoms with van der Waals surface area (Å²) < 4.78 is 11.4. The molecule has 1 aromatic heterocycles. The second-order valence-corrected chi connectivity index (χ2v) is 7.44. The van der Waals surface area contributed by atoms with E-state index in [9.17, 15) is 4.79 Å². The summed E-state index contributed by atoms with van der Waals surface area (Å²) in [6, 6.07) is 14.0. The molecule has 0 saturated carbocycles. The van der Waals surface area contributed by atoms with Crippen LogP contribution in [0.15, 0.2) is 47.3 Å². The molecule has 2 aliphatic rings. The van der Waals surface area contributed by atoms with E-state index in [0.29, 0.717) is 24.4 Å². The third-order valence-electron chi connectivity index (χ3n) is 5.77. The zero-order chi connectivity index (χ0) is 19.1. The van der Waals surface area contributed by atoms with Gasteiger partial charge in [-0.1, -0.05) is 18.2 Å². The molecule has 144 valence electrons. The fraction of sp³-hybridized carbons (Fsp3) is 0.364. The van der Waals surface area contributed by atoms with Gasteiger partial charge in [-0.05, 0) is 56.1 Å². The second kappa shape index (κ2) is 6.95. The molecule has 2 aromatic carbocycles. The molecule has 28 heavy (non-hydrogen) atoms. The monoisotopic (exact) mass is 377 g/mol. The van der Waals surface area contributed by atoms with Gasteiger partial charge in [0, 0.05) is 6.04 Å². The van der Waals surface area contributed by atoms with Crippen molar-refractivity contribution in [3.63, 3.8) is 0 Å². The topological polar surface area (TPSA) is 67.5 Å². The summed E-state index contributed by atoms with van der Waals surface area (Å²) in [5, 5.41) is 0.628. The van der Waals surface area contributed by atoms with Crippen LogP contribution in [0, 0.1) is 0 Å². The molecule has 6 nitrogen and oxygen atoms in total. The molecular formula is C22H23N3O3. The summed E-state index contributed by atoms with van der Waals surface area (Å²) in [4.78, 5) is 22.6. The lowest BCUT2D eigenvalue weighted by Crippen LogP contribution is -2.29. The van der Waals surface area contributed by atoms with Gasteiger partial charge in [-0.2, -0.15) is 0 Å². The van der Waals surface area contributed by atoms with Crippen LogP contribution in [0.1, 0.15) is 43.2 Å². The number of likely N-dealkylation sites (tertiary alicyclic amines) is 1. The largest absolute Gasteiger partial charge is 0.486 e. The molecule has 5 rings (SSSR count). The molecule has 0 bridgehead atoms. The third-order valence-corrected chi connectivity index (χ3v) is 5.77. The van der Waals surface area contributed by atoms with E-state index >= 15 is 0 Å². The fourth-order valence-electron chi connectivity index (χ4n) is 4.34. The summed E-state index contributed by atoms with van der Waals surface area (Å²) in [6.07, 6.45) is 2.18. The van der Waals surface area contributed by atoms with Crippen LogP contribution < -0.4 is 15.0 Å². The Morgan fingerprint density at radius 1 is 1.14 bits per heavy atom. The zero-order valence-corrected chi connectivity index (χ0v) is 15.9. The number of hydrogen-bond acceptors (Lipinski definition) is 5. The van der Waals surface area contributed by atoms with Gasteiger partial charge in [-0.25, -0.2) is 4.98 Å². The molecule has 0 radical (unpaired) electrons. The van der Waals surface area contributed by atoms with Crippen molar-refractivity contribution in [2.75, 3.05) is 19.8 Å². The smallest absolute Gasteiger partial charge is 0.258 e. The maximum atomic E-state index is 12.5. The van der Waals surface area contributed by atoms with Crippen LogP contribution in [-0.4, -0.2) is 34.6 Å². The quantitative estimate of drug-likeness (QED) is 0.755. The molecule has 2 aliphatic heterocycles. The summed E-state index contributed by atoms with van der Waals surface area (Å²) in [6.45, 7) is 4.27. The molecule has 0 aliphatic carbocycles. The number of H-pyrrole nitrogens is 1. The van der Waals surface area contributed by atoms with Crippen molar-refractivity contribution in [2.45, 2.75) is 31.8 Å². The van der Waals surface area contributed by atoms with Crippen molar-refractivity contribution < 1.29 is 9.47 Å². The van der Waals surface area contributed by atoms with E-state index in [1.165, 1.54) is 5.56 Å². The first-order chi connectivity index (χ1) is 13.7. The van der Waals surface area contributed by atoms with E-state index in [-0.39, 0.29) is 17.6 Å². The minimum atomic E-state index is -0.0810. The van der Waals surface area contributed by atoms with Crippen LogP contribution >= 0.6 is 0 Å². The normalized spacial score (nSPS) is 20.4. The van der Waals surface area contributed by atoms with E-state index in [2.05, 4.69) is 28.9 Å². The van der Waals surface area contributed by atoms with Crippen molar-refractivity contribution in [3.05, 3.63) is 64.2 Å². The van der Waals surface area contributed by atoms with Crippen molar-refractivity contribution in [2.24, 2.45) is 0 Å². The maximum absolute atomic E-state index is 12.5. The highest BCUT2D eigenvalue weighted by molar-refractivity contribution is 5.77. The molecule has 0 unspecified atom stereocenters. The van der Waals surface area contributed by atoms with Gasteiger partial charge in [0.05, 0.1) is 16.9 Å². The van der Waals surface area contributed by atoms with Crippen LogP contribution in [0.25, 0.3) is 10.9 Å². The number of fused-ring (bicyclic) bond motifs is 2. The van der Waals surface area contributed by atoms with Crippen LogP contribution in [0.4, 0.5) is 0 Å². The predicted molar refractivity (Wildman–Crippen MR) is 107 cm³/mol. The molecule has 1 N–H and O–H groups in total. The Morgan fingerprint density at radius 3 is 2.86 bits per heavy atom. The summed E-state index contributed by atoms with van der Waals surface area (Å²) >= 11 is 0. The Balaban J connectivity index is 1.47. The number of para-hydroxylation sites is 1. The number of rotatable bonds is 3. The molecule has 2 atom stereocenters. The number of ether oxygens (including phenoxy) is 2.